The van der Waals surface area contributed by atoms with Gasteiger partial charge in [0.1, 0.15) is 74.2 Å². The first kappa shape index (κ1) is 120. The fourth-order valence-electron chi connectivity index (χ4n) is 13.3. The quantitative estimate of drug-likeness (QED) is 0.00934. The molecular formula is C97H120Br2F3N11O13S6. The highest BCUT2D eigenvalue weighted by Crippen LogP contribution is 2.45. The molecule has 14 rings (SSSR count). The zero-order valence-corrected chi connectivity index (χ0v) is 83.2. The molecule has 8 N–H and O–H groups in total. The molecule has 0 fully saturated rings. The lowest BCUT2D eigenvalue weighted by atomic mass is 9.98. The zero-order chi connectivity index (χ0) is 90.4. The Morgan fingerprint density at radius 2 is 0.712 bits per heavy atom. The summed E-state index contributed by atoms with van der Waals surface area (Å²) in [5, 5.41) is 20.9. The molecule has 0 saturated heterocycles. The number of imidazole rings is 5. The number of carbonyl (C=O) groups excluding carboxylic acids is 4. The number of esters is 1. The topological polar surface area (TPSA) is 344 Å². The number of ether oxygens (including phenoxy) is 5. The van der Waals surface area contributed by atoms with Crippen molar-refractivity contribution in [1.82, 2.24) is 55.2 Å². The molecule has 0 saturated carbocycles. The normalized spacial score (nSPS) is 12.0. The SMILES string of the molecule is C.CC(=O)C(Br)Br.COC(=O)c1cnc([C@@H](C)Cc2ccccc2)[nH]1.COC(OC)(OC)c1cnc([C@@H](C)Cc2ccccc2)[nH]1.C[C@@H](Cc1ccccc1)c1ncc(C(=O)O)[nH]1.C[C@@H](Cc1ccccc1)c1ncc(C(F)(F)F)[nH]1.C[C@H](C=O)Cc1ccccc1.O=C(N[C@@H](Cc1ccccc1)c1ncc(C(=O)O)[nH]1)OCC1c2ccccc2-c2ccccc21.S.S.S.S.S.S. The second-order valence-electron chi connectivity index (χ2n) is 29.5. The molecular weight excluding hydrogens is 1940 g/mol. The van der Waals surface area contributed by atoms with Gasteiger partial charge in [-0.25, -0.2) is 44.1 Å². The van der Waals surface area contributed by atoms with E-state index >= 15 is 0 Å². The Hall–Kier alpha value is -10.4. The van der Waals surface area contributed by atoms with Gasteiger partial charge in [-0.3, -0.25) is 4.79 Å². The first-order valence-corrected chi connectivity index (χ1v) is 42.0. The summed E-state index contributed by atoms with van der Waals surface area (Å²) in [6, 6.07) is 75.6. The average Bonchev–Trinajstić information content (AvgIpc) is 1.61. The molecule has 13 aromatic rings. The number of methoxy groups -OCH3 is 4. The number of amides is 1. The van der Waals surface area contributed by atoms with E-state index in [9.17, 15) is 47.0 Å². The van der Waals surface area contributed by atoms with Gasteiger partial charge in [0.2, 0.25) is 0 Å². The van der Waals surface area contributed by atoms with E-state index in [2.05, 4.69) is 166 Å². The van der Waals surface area contributed by atoms with E-state index in [-0.39, 0.29) is 157 Å². The lowest BCUT2D eigenvalue weighted by Gasteiger charge is -2.26. The molecule has 1 aliphatic rings. The van der Waals surface area contributed by atoms with Gasteiger partial charge in [-0.05, 0) is 94.7 Å². The number of hydrogen-bond acceptors (Lipinski definition) is 16. The highest BCUT2D eigenvalue weighted by molar-refractivity contribution is 9.25. The third-order valence-electron chi connectivity index (χ3n) is 19.9. The molecule has 0 bridgehead atoms. The maximum atomic E-state index is 12.8. The monoisotopic (exact) mass is 2050 g/mol. The van der Waals surface area contributed by atoms with E-state index in [4.69, 9.17) is 24.1 Å². The summed E-state index contributed by atoms with van der Waals surface area (Å²) in [7, 11) is 5.94. The largest absolute Gasteiger partial charge is 0.477 e. The summed E-state index contributed by atoms with van der Waals surface area (Å²) >= 11 is 6.01. The number of halogens is 5. The van der Waals surface area contributed by atoms with E-state index in [1.54, 1.807) is 6.20 Å². The molecule has 8 aromatic carbocycles. The first-order valence-electron chi connectivity index (χ1n) is 40.2. The third-order valence-corrected chi connectivity index (χ3v) is 21.2. The molecule has 24 nitrogen and oxygen atoms in total. The molecule has 5 heterocycles. The van der Waals surface area contributed by atoms with Crippen LogP contribution in [0.15, 0.2) is 262 Å². The van der Waals surface area contributed by atoms with Crippen LogP contribution in [0.25, 0.3) is 11.1 Å². The van der Waals surface area contributed by atoms with Crippen LogP contribution in [0.5, 0.6) is 0 Å². The lowest BCUT2D eigenvalue weighted by Crippen LogP contribution is -2.33. The Kier molecular flexibility index (Phi) is 55.6. The Balaban J connectivity index is 0.000000796. The van der Waals surface area contributed by atoms with Gasteiger partial charge in [-0.15, -0.1) is 0 Å². The van der Waals surface area contributed by atoms with Crippen molar-refractivity contribution >= 4 is 149 Å². The number of H-pyrrole nitrogens is 5. The molecule has 35 heteroatoms. The maximum Gasteiger partial charge on any atom is 0.432 e. The molecule has 0 spiro atoms. The van der Waals surface area contributed by atoms with E-state index in [1.165, 1.54) is 76.2 Å². The highest BCUT2D eigenvalue weighted by Gasteiger charge is 2.36. The standard InChI is InChI=1S/C27H23N3O4.C16H22N2O3.C14H16N2O2.C13H13F3N2.C13H14N2O2.C10H12O.C3H4Br2O.CH4.6H2S/c31-26(32)24-15-28-25(29-24)23(14-17-8-2-1-3-9-17)30-27(33)34-16-22-20-12-6-4-10-18(20)19-11-5-7-13-21(19)22;1-12(10-13-8-6-5-7-9-13)15-17-11-14(18-15)16(19-2,20-3)21-4;1-10(8-11-6-4-3-5-7-11)13-15-9-12(16-13)14(17)18-2;1-9(7-10-5-3-2-4-6-10)12-17-8-11(18-12)13(14,15)16;1-9(7-10-5-3-2-4-6-10)12-14-8-11(15-12)13(16)17;1-9(8-11)7-10-5-3-2-4-6-10;1-2(6)3(4)5;;;;;;;/h1-13,15,22-23H,14,16H2,(H,28,29)(H,30,33)(H,31,32);5-9,11-12H,10H2,1-4H3,(H,17,18);3-7,9-10H,8H2,1-2H3,(H,15,16);2-6,8-9H,7H2,1H3,(H,17,18);2-6,8-9H,7H2,1H3,(H,14,15)(H,16,17);2-6,8-9H,7H2,1H3;3H,1H3;1H4;6*1H2/t23-;12-;10-;3*9-;;;;;;;;/m000000......../s1. The van der Waals surface area contributed by atoms with Crippen LogP contribution in [-0.2, 0) is 83.9 Å². The number of hydrogen-bond donors (Lipinski definition) is 8. The zero-order valence-electron chi connectivity index (χ0n) is 74.0. The van der Waals surface area contributed by atoms with Crippen molar-refractivity contribution in [2.75, 3.05) is 35.0 Å². The van der Waals surface area contributed by atoms with Gasteiger partial charge in [0.25, 0.3) is 0 Å². The highest BCUT2D eigenvalue weighted by atomic mass is 79.9. The second-order valence-corrected chi connectivity index (χ2v) is 32.5. The summed E-state index contributed by atoms with van der Waals surface area (Å²) in [6.45, 7) is 11.7. The van der Waals surface area contributed by atoms with E-state index in [0.717, 1.165) is 83.2 Å². The number of ketones is 1. The number of benzene rings is 8. The van der Waals surface area contributed by atoms with Gasteiger partial charge >= 0.3 is 36.2 Å². The van der Waals surface area contributed by atoms with Crippen molar-refractivity contribution in [3.8, 4) is 11.1 Å². The summed E-state index contributed by atoms with van der Waals surface area (Å²) in [6.07, 6.45) is 7.27. The van der Waals surface area contributed by atoms with Crippen LogP contribution in [-0.4, -0.2) is 135 Å². The summed E-state index contributed by atoms with van der Waals surface area (Å²) in [5.41, 5.74) is 12.0. The average molecular weight is 2060 g/mol. The molecule has 132 heavy (non-hydrogen) atoms. The number of carboxylic acid groups (broad SMARTS) is 2. The van der Waals surface area contributed by atoms with Gasteiger partial charge in [-0.2, -0.15) is 94.1 Å². The number of alkyl halides is 5. The number of alkyl carbamates (subject to hydrolysis) is 1. The Morgan fingerprint density at radius 1 is 0.424 bits per heavy atom. The molecule has 1 amide bonds. The van der Waals surface area contributed by atoms with Crippen LogP contribution in [0.3, 0.4) is 0 Å². The van der Waals surface area contributed by atoms with E-state index in [1.807, 2.05) is 191 Å². The van der Waals surface area contributed by atoms with Crippen LogP contribution in [0.4, 0.5) is 18.0 Å². The molecule has 0 aliphatic heterocycles. The number of Topliss-reactive ketones (excluding diaryl/α,β-unsaturated/α-hetero) is 1. The minimum atomic E-state index is -4.36. The first-order chi connectivity index (χ1) is 60.0. The lowest BCUT2D eigenvalue weighted by molar-refractivity contribution is -0.366. The minimum Gasteiger partial charge on any atom is -0.477 e. The van der Waals surface area contributed by atoms with E-state index < -0.39 is 41.9 Å². The number of aromatic carboxylic acids is 2. The van der Waals surface area contributed by atoms with Crippen LogP contribution in [0, 0.1) is 5.92 Å². The number of carbonyl (C=O) groups is 6. The Morgan fingerprint density at radius 3 is 1.03 bits per heavy atom. The number of carboxylic acids is 2. The van der Waals surface area contributed by atoms with Crippen molar-refractivity contribution in [2.45, 2.75) is 139 Å². The number of aromatic nitrogens is 10. The van der Waals surface area contributed by atoms with Crippen molar-refractivity contribution in [3.05, 3.63) is 364 Å². The fourth-order valence-corrected chi connectivity index (χ4v) is 13.3. The summed E-state index contributed by atoms with van der Waals surface area (Å²) < 4.78 is 63.4. The number of rotatable bonds is 29. The molecule has 712 valence electrons. The Labute approximate surface area is 828 Å². The van der Waals surface area contributed by atoms with Crippen LogP contribution >= 0.6 is 113 Å². The van der Waals surface area contributed by atoms with Gasteiger partial charge < -0.3 is 68.9 Å². The molecule has 1 aliphatic carbocycles. The fraction of sp³-hybridized carbons (Fsp3) is 0.289. The van der Waals surface area contributed by atoms with Crippen molar-refractivity contribution in [1.29, 1.82) is 0 Å². The number of nitrogens with zero attached hydrogens (tertiary/aromatic N) is 5. The predicted molar refractivity (Wildman–Crippen MR) is 548 cm³/mol. The molecule has 5 aromatic heterocycles. The van der Waals surface area contributed by atoms with Gasteiger partial charge in [0, 0.05) is 63.3 Å². The van der Waals surface area contributed by atoms with E-state index in [0.29, 0.717) is 41.7 Å². The Bertz CT molecular complexity index is 5410. The summed E-state index contributed by atoms with van der Waals surface area (Å²) in [5.74, 6) is 0.160. The minimum absolute atomic E-state index is 0. The van der Waals surface area contributed by atoms with Crippen molar-refractivity contribution in [3.63, 3.8) is 0 Å². The van der Waals surface area contributed by atoms with Gasteiger partial charge in [-0.1, -0.05) is 304 Å². The number of aldehydes is 1. The number of aromatic amines is 5. The maximum absolute atomic E-state index is 12.8. The van der Waals surface area contributed by atoms with Gasteiger partial charge in [0.15, 0.2) is 5.78 Å². The second kappa shape index (κ2) is 61.4. The number of nitrogens with one attached hydrogen (secondary N) is 6. The van der Waals surface area contributed by atoms with Gasteiger partial charge in [0.05, 0.1) is 44.1 Å². The molecule has 0 radical (unpaired) electrons. The van der Waals surface area contributed by atoms with Crippen LogP contribution in [0.2, 0.25) is 0 Å². The summed E-state index contributed by atoms with van der Waals surface area (Å²) in [4.78, 5) is 101. The number of fused-ring (bicyclic) bond motifs is 3. The van der Waals surface area contributed by atoms with Crippen molar-refractivity contribution in [2.24, 2.45) is 5.92 Å². The van der Waals surface area contributed by atoms with Crippen LogP contribution < -0.4 is 5.32 Å². The molecule has 0 unspecified atom stereocenters. The van der Waals surface area contributed by atoms with Crippen molar-refractivity contribution < 1.29 is 75.8 Å². The molecule has 6 atom stereocenters. The third kappa shape index (κ3) is 37.9. The smallest absolute Gasteiger partial charge is 0.432 e. The van der Waals surface area contributed by atoms with Crippen LogP contribution in [0.1, 0.15) is 201 Å². The predicted octanol–water partition coefficient (Wildman–Crippen LogP) is 21.6.